The highest BCUT2D eigenvalue weighted by Gasteiger charge is 2.55. The van der Waals surface area contributed by atoms with E-state index >= 15 is 0 Å². The number of rotatable bonds is 3. The second-order valence-corrected chi connectivity index (χ2v) is 10.5. The van der Waals surface area contributed by atoms with Crippen molar-refractivity contribution in [2.75, 3.05) is 29.5 Å². The molecule has 0 radical (unpaired) electrons. The van der Waals surface area contributed by atoms with Crippen LogP contribution >= 0.6 is 15.9 Å². The minimum atomic E-state index is -0.655. The zero-order valence-electron chi connectivity index (χ0n) is 19.5. The van der Waals surface area contributed by atoms with Crippen LogP contribution in [0, 0.1) is 5.92 Å². The molecule has 1 aliphatic carbocycles. The van der Waals surface area contributed by atoms with Gasteiger partial charge in [-0.1, -0.05) is 24.3 Å². The highest BCUT2D eigenvalue weighted by atomic mass is 79.9. The first kappa shape index (κ1) is 22.5. The second kappa shape index (κ2) is 8.32. The Bertz CT molecular complexity index is 1330. The molecule has 1 saturated carbocycles. The quantitative estimate of drug-likeness (QED) is 0.512. The predicted molar refractivity (Wildman–Crippen MR) is 138 cm³/mol. The second-order valence-electron chi connectivity index (χ2n) is 9.65. The molecule has 182 valence electrons. The molecule has 0 bridgehead atoms. The van der Waals surface area contributed by atoms with E-state index in [0.717, 1.165) is 33.2 Å². The van der Waals surface area contributed by atoms with Gasteiger partial charge in [-0.15, -0.1) is 0 Å². The lowest BCUT2D eigenvalue weighted by molar-refractivity contribution is -0.156. The first-order chi connectivity index (χ1) is 16.8. The molecule has 10 heteroatoms. The molecule has 4 heterocycles. The van der Waals surface area contributed by atoms with Crippen LogP contribution < -0.4 is 21.1 Å². The Labute approximate surface area is 211 Å². The highest BCUT2D eigenvalue weighted by molar-refractivity contribution is 9.10. The normalized spacial score (nSPS) is 27.2. The van der Waals surface area contributed by atoms with Crippen LogP contribution in [0.15, 0.2) is 41.1 Å². The Balaban J connectivity index is 1.30. The summed E-state index contributed by atoms with van der Waals surface area (Å²) in [5.74, 6) is 1.60. The van der Waals surface area contributed by atoms with E-state index in [1.807, 2.05) is 26.0 Å². The van der Waals surface area contributed by atoms with Gasteiger partial charge in [0, 0.05) is 11.3 Å². The molecule has 3 aliphatic rings. The number of pyridine rings is 1. The van der Waals surface area contributed by atoms with Gasteiger partial charge in [-0.2, -0.15) is 0 Å². The van der Waals surface area contributed by atoms with Crippen LogP contribution in [-0.2, 0) is 9.47 Å². The van der Waals surface area contributed by atoms with Gasteiger partial charge in [0.2, 0.25) is 5.75 Å². The van der Waals surface area contributed by atoms with E-state index in [-0.39, 0.29) is 24.2 Å². The van der Waals surface area contributed by atoms with E-state index in [0.29, 0.717) is 30.5 Å². The SMILES string of the molecule is CC1(C)O[C@@H]2[C@H](O1)[C@@H](/C=C/c1ccc3cc(Br)c(N)nc3c1)C[C@H]2N1CCOc2c(N)ncnc21. The van der Waals surface area contributed by atoms with Crippen LogP contribution in [0.25, 0.3) is 17.0 Å². The van der Waals surface area contributed by atoms with Crippen LogP contribution in [0.3, 0.4) is 0 Å². The third-order valence-electron chi connectivity index (χ3n) is 6.90. The van der Waals surface area contributed by atoms with Crippen molar-refractivity contribution in [1.29, 1.82) is 0 Å². The molecule has 35 heavy (non-hydrogen) atoms. The van der Waals surface area contributed by atoms with E-state index in [2.05, 4.69) is 60.1 Å². The van der Waals surface area contributed by atoms with E-state index in [1.165, 1.54) is 6.33 Å². The minimum absolute atomic E-state index is 0.0677. The summed E-state index contributed by atoms with van der Waals surface area (Å²) in [6, 6.07) is 8.25. The van der Waals surface area contributed by atoms with Crippen LogP contribution in [0.5, 0.6) is 5.75 Å². The fourth-order valence-electron chi connectivity index (χ4n) is 5.39. The van der Waals surface area contributed by atoms with Crippen LogP contribution in [0.2, 0.25) is 0 Å². The maximum absolute atomic E-state index is 6.41. The van der Waals surface area contributed by atoms with E-state index in [9.17, 15) is 0 Å². The van der Waals surface area contributed by atoms with Crippen LogP contribution in [0.4, 0.5) is 17.5 Å². The number of nitrogens with zero attached hydrogens (tertiary/aromatic N) is 4. The third-order valence-corrected chi connectivity index (χ3v) is 7.54. The summed E-state index contributed by atoms with van der Waals surface area (Å²) in [7, 11) is 0. The fraction of sp³-hybridized carbons (Fsp3) is 0.400. The van der Waals surface area contributed by atoms with Gasteiger partial charge in [-0.3, -0.25) is 0 Å². The summed E-state index contributed by atoms with van der Waals surface area (Å²) in [6.45, 7) is 5.15. The number of fused-ring (bicyclic) bond motifs is 3. The van der Waals surface area contributed by atoms with Crippen molar-refractivity contribution < 1.29 is 14.2 Å². The Morgan fingerprint density at radius 2 is 1.94 bits per heavy atom. The number of nitrogen functional groups attached to an aromatic ring is 2. The molecule has 9 nitrogen and oxygen atoms in total. The van der Waals surface area contributed by atoms with Crippen molar-refractivity contribution in [3.8, 4) is 5.75 Å². The maximum atomic E-state index is 6.41. The summed E-state index contributed by atoms with van der Waals surface area (Å²) in [5.41, 5.74) is 14.0. The van der Waals surface area contributed by atoms with Gasteiger partial charge >= 0.3 is 0 Å². The maximum Gasteiger partial charge on any atom is 0.204 e. The standard InChI is InChI=1S/C25H27BrN6O3/c1-25(2)34-19-15(6-4-13-3-5-14-10-16(26)22(27)31-17(14)9-13)11-18(20(19)35-25)32-7-8-33-21-23(28)29-12-30-24(21)32/h3-6,9-10,12,15,18-20H,7-8,11H2,1-2H3,(H2,27,31)(H2,28,29,30)/b6-4+/t15-,18+,19+,20-/m0/s1. The first-order valence-electron chi connectivity index (χ1n) is 11.7. The number of hydrogen-bond donors (Lipinski definition) is 2. The van der Waals surface area contributed by atoms with Gasteiger partial charge in [0.15, 0.2) is 17.4 Å². The van der Waals surface area contributed by atoms with Crippen molar-refractivity contribution >= 4 is 50.4 Å². The first-order valence-corrected chi connectivity index (χ1v) is 12.5. The van der Waals surface area contributed by atoms with Crippen molar-refractivity contribution in [1.82, 2.24) is 15.0 Å². The highest BCUT2D eigenvalue weighted by Crippen LogP contribution is 2.47. The van der Waals surface area contributed by atoms with Gasteiger partial charge in [0.1, 0.15) is 24.9 Å². The predicted octanol–water partition coefficient (Wildman–Crippen LogP) is 3.77. The van der Waals surface area contributed by atoms with Crippen molar-refractivity contribution in [2.45, 2.75) is 44.3 Å². The summed E-state index contributed by atoms with van der Waals surface area (Å²) in [6.07, 6.45) is 6.53. The zero-order valence-corrected chi connectivity index (χ0v) is 21.1. The van der Waals surface area contributed by atoms with Gasteiger partial charge in [-0.25, -0.2) is 15.0 Å². The Morgan fingerprint density at radius 3 is 2.80 bits per heavy atom. The average Bonchev–Trinajstić information content (AvgIpc) is 3.31. The lowest BCUT2D eigenvalue weighted by Crippen LogP contribution is -2.47. The summed E-state index contributed by atoms with van der Waals surface area (Å²) in [5, 5.41) is 1.03. The topological polar surface area (TPSA) is 122 Å². The molecule has 0 unspecified atom stereocenters. The van der Waals surface area contributed by atoms with Crippen LogP contribution in [-0.4, -0.2) is 52.1 Å². The van der Waals surface area contributed by atoms with Crippen LogP contribution in [0.1, 0.15) is 25.8 Å². The molecule has 4 atom stereocenters. The van der Waals surface area contributed by atoms with E-state index in [4.69, 9.17) is 25.7 Å². The summed E-state index contributed by atoms with van der Waals surface area (Å²) < 4.78 is 19.4. The monoisotopic (exact) mass is 538 g/mol. The Morgan fingerprint density at radius 1 is 1.11 bits per heavy atom. The molecule has 0 amide bonds. The molecular formula is C25H27BrN6O3. The van der Waals surface area contributed by atoms with E-state index in [1.54, 1.807) is 0 Å². The Hall–Kier alpha value is -2.95. The molecule has 0 spiro atoms. The van der Waals surface area contributed by atoms with Gasteiger partial charge in [0.05, 0.1) is 28.7 Å². The molecule has 2 aliphatic heterocycles. The molecule has 4 N–H and O–H groups in total. The largest absolute Gasteiger partial charge is 0.485 e. The number of ether oxygens (including phenoxy) is 3. The third kappa shape index (κ3) is 3.99. The number of hydrogen-bond acceptors (Lipinski definition) is 9. The van der Waals surface area contributed by atoms with Gasteiger partial charge < -0.3 is 30.6 Å². The molecule has 6 rings (SSSR count). The molecular weight excluding hydrogens is 512 g/mol. The summed E-state index contributed by atoms with van der Waals surface area (Å²) >= 11 is 3.44. The number of nitrogens with two attached hydrogens (primary N) is 2. The molecule has 2 fully saturated rings. The molecule has 1 saturated heterocycles. The van der Waals surface area contributed by atoms with Crippen molar-refractivity contribution in [2.24, 2.45) is 5.92 Å². The number of halogens is 1. The lowest BCUT2D eigenvalue weighted by Gasteiger charge is -2.37. The van der Waals surface area contributed by atoms with Gasteiger partial charge in [-0.05, 0) is 53.9 Å². The van der Waals surface area contributed by atoms with Gasteiger partial charge in [0.25, 0.3) is 0 Å². The Kier molecular flexibility index (Phi) is 5.35. The zero-order chi connectivity index (χ0) is 24.3. The van der Waals surface area contributed by atoms with E-state index < -0.39 is 5.79 Å². The lowest BCUT2D eigenvalue weighted by atomic mass is 10.0. The number of benzene rings is 1. The summed E-state index contributed by atoms with van der Waals surface area (Å²) in [4.78, 5) is 15.3. The molecule has 1 aromatic carbocycles. The molecule has 3 aromatic rings. The fourth-order valence-corrected chi connectivity index (χ4v) is 5.73. The molecule has 2 aromatic heterocycles. The average molecular weight is 539 g/mol. The smallest absolute Gasteiger partial charge is 0.204 e. The number of anilines is 3. The number of aromatic nitrogens is 3. The minimum Gasteiger partial charge on any atom is -0.485 e. The van der Waals surface area contributed by atoms with Crippen molar-refractivity contribution in [3.63, 3.8) is 0 Å². The van der Waals surface area contributed by atoms with Crippen molar-refractivity contribution in [3.05, 3.63) is 46.7 Å².